The Morgan fingerprint density at radius 2 is 0.468 bits per heavy atom. The highest BCUT2D eigenvalue weighted by atomic mass is 32.2. The molecule has 0 saturated heterocycles. The van der Waals surface area contributed by atoms with E-state index in [-0.39, 0.29) is 128 Å². The van der Waals surface area contributed by atoms with E-state index in [0.717, 1.165) is 12.1 Å². The summed E-state index contributed by atoms with van der Waals surface area (Å²) >= 11 is 0. The fourth-order valence-corrected chi connectivity index (χ4v) is 15.0. The van der Waals surface area contributed by atoms with Gasteiger partial charge in [0.1, 0.15) is 68.8 Å². The molecule has 6 unspecified atom stereocenters. The number of rotatable bonds is 42. The molecule has 65 heteroatoms. The SMILES string of the molecule is [B]Cc1cc(C[B])cc(OC(CS(=O)(=O)[O-])C(F)(F)F)c1.[B]Cc1cc(OC(CS(=O)(=O)[O-])C(F)(F)F)cc(C[B])c1O.[B]Cc1cc(OC(CS(=O)(=O)[O-])C(F)(F)F)cc(C[B])c1OC.[B]Cc1cc(OC(CS(=O)(=O)[O-])C(F)(F)F)cc(C[B])c1OC(C)(C)C.[B]Cc1cc(OC(CS(=O)(=O)[O-])C(F)(F)F)cc(C[B])c1OC(C)C.[B]Cc1cc(OC(CS(=O)(=O)[O-])C(F)(F)F)cc(C[B])c1OCC. The summed E-state index contributed by atoms with van der Waals surface area (Å²) in [5.74, 6) is -11.3. The van der Waals surface area contributed by atoms with Crippen LogP contribution in [-0.4, -0.2) is 311 Å². The summed E-state index contributed by atoms with van der Waals surface area (Å²) in [7, 11) is 36.5. The van der Waals surface area contributed by atoms with Gasteiger partial charge in [-0.05, 0) is 170 Å². The van der Waals surface area contributed by atoms with Gasteiger partial charge in [0.2, 0.25) is 36.6 Å². The smallest absolute Gasteiger partial charge is 0.426 e. The molecule has 29 nitrogen and oxygen atoms in total. The third-order valence-corrected chi connectivity index (χ3v) is 21.3. The second kappa shape index (κ2) is 55.6. The summed E-state index contributed by atoms with van der Waals surface area (Å²) in [4.78, 5) is 0. The number of phenols is 1. The van der Waals surface area contributed by atoms with E-state index in [0.29, 0.717) is 85.2 Å². The molecular weight excluding hydrogens is 2040 g/mol. The van der Waals surface area contributed by atoms with Crippen LogP contribution in [0.2, 0.25) is 0 Å². The van der Waals surface area contributed by atoms with Crippen LogP contribution in [-0.2, 0) is 137 Å². The van der Waals surface area contributed by atoms with Gasteiger partial charge in [0.15, 0.2) is 0 Å². The number of halogens is 18. The molecule has 141 heavy (non-hydrogen) atoms. The van der Waals surface area contributed by atoms with E-state index < -0.39 is 180 Å². The van der Waals surface area contributed by atoms with Crippen LogP contribution in [0.1, 0.15) is 108 Å². The minimum absolute atomic E-state index is 0.0424. The fraction of sp³-hybridized carbons (Fsp3) is 0.526. The van der Waals surface area contributed by atoms with Crippen molar-refractivity contribution in [3.8, 4) is 63.2 Å². The van der Waals surface area contributed by atoms with Gasteiger partial charge in [-0.15, -0.1) is 0 Å². The summed E-state index contributed by atoms with van der Waals surface area (Å²) in [6, 6.07) is 15.6. The van der Waals surface area contributed by atoms with Crippen molar-refractivity contribution in [1.29, 1.82) is 0 Å². The monoisotopic (exact) mass is 2120 g/mol. The van der Waals surface area contributed by atoms with E-state index in [9.17, 15) is 162 Å². The van der Waals surface area contributed by atoms with E-state index in [2.05, 4.69) is 14.2 Å². The maximum absolute atomic E-state index is 13.0. The molecule has 6 aromatic carbocycles. The molecule has 24 radical (unpaired) electrons. The molecule has 0 aliphatic rings. The van der Waals surface area contributed by atoms with Gasteiger partial charge in [-0.3, -0.25) is 0 Å². The van der Waals surface area contributed by atoms with Crippen LogP contribution in [0.5, 0.6) is 63.2 Å². The van der Waals surface area contributed by atoms with Crippen LogP contribution >= 0.6 is 0 Å². The molecule has 0 amide bonds. The number of benzene rings is 6. The topological polar surface area (TPSA) is 456 Å². The summed E-state index contributed by atoms with van der Waals surface area (Å²) in [5, 5.41) is 9.71. The fourth-order valence-electron chi connectivity index (χ4n) is 11.2. The molecular formula is C76H80B12F18O29S6-6. The van der Waals surface area contributed by atoms with Gasteiger partial charge < -0.3 is 79.8 Å². The molecule has 0 fully saturated rings. The predicted molar refractivity (Wildman–Crippen MR) is 478 cm³/mol. The highest BCUT2D eigenvalue weighted by molar-refractivity contribution is 7.87. The standard InChI is InChI=1S/C15H19B2F3O5S.C14H17B2F3O5S.C13H15B2F3O5S.C12H13B2F3O5S.C11H11B2F3O5S.C11H11B2F3O4S/c1-14(2,3)25-13-9(6-16)4-11(5-10(13)7-17)24-12(15(18,19)20)8-26(21,22)23;1-8(2)23-13-9(5-15)3-11(4-10(13)6-16)24-12(14(17,18)19)7-25(20,21)22;1-2-22-12-8(5-14)3-10(4-9(12)6-15)23-11(13(16,17)18)7-24(19,20)21;1-21-11-7(4-13)2-9(3-8(11)5-14)22-10(12(15,16)17)6-23(18,19)20;12-3-6-1-8(2-7(4-13)10(6)17)21-9(11(14,15)16)5-22(18,19)20;12-4-7-1-8(5-13)3-9(2-7)20-10(11(14,15)16)6-21(17,18)19/h4-5,12H,6-8H2,1-3H3,(H,21,22,23);3-4,8,12H,5-7H2,1-2H3,(H,20,21,22);3-4,11H,2,5-7H2,1H3,(H,19,20,21);2-3,10H,4-6H2,1H3,(H,18,19,20);1-2,9,17H,3-5H2,(H,18,19,20);1-3,10H,4-6H2,(H,17,18,19)/p-6. The molecule has 0 heterocycles. The third-order valence-electron chi connectivity index (χ3n) is 17.1. The third kappa shape index (κ3) is 49.7. The van der Waals surface area contributed by atoms with Crippen molar-refractivity contribution < 1.29 is 209 Å². The van der Waals surface area contributed by atoms with E-state index in [1.54, 1.807) is 47.6 Å². The van der Waals surface area contributed by atoms with E-state index in [1.807, 2.05) is 0 Å². The van der Waals surface area contributed by atoms with Gasteiger partial charge in [-0.1, -0.05) is 93.0 Å². The van der Waals surface area contributed by atoms with Crippen LogP contribution in [0.25, 0.3) is 0 Å². The first-order valence-corrected chi connectivity index (χ1v) is 49.1. The Kier molecular flexibility index (Phi) is 51.7. The van der Waals surface area contributed by atoms with E-state index >= 15 is 0 Å². The second-order valence-electron chi connectivity index (χ2n) is 30.1. The minimum atomic E-state index is -5.16. The first kappa shape index (κ1) is 131. The summed E-state index contributed by atoms with van der Waals surface area (Å²) < 4.78 is 473. The summed E-state index contributed by atoms with van der Waals surface area (Å²) in [6.07, 6.45) is -48.1. The van der Waals surface area contributed by atoms with Crippen molar-refractivity contribution in [3.05, 3.63) is 146 Å². The number of aromatic hydroxyl groups is 1. The Balaban J connectivity index is 0.000000847. The van der Waals surface area contributed by atoms with Crippen molar-refractivity contribution >= 4 is 155 Å². The normalized spacial score (nSPS) is 13.8. The van der Waals surface area contributed by atoms with Crippen LogP contribution < -0.4 is 47.4 Å². The quantitative estimate of drug-likeness (QED) is 0.0222. The Hall–Kier alpha value is -7.90. The van der Waals surface area contributed by atoms with Gasteiger partial charge in [0.05, 0.1) is 209 Å². The molecule has 6 rings (SSSR count). The van der Waals surface area contributed by atoms with Crippen molar-refractivity contribution in [2.75, 3.05) is 48.2 Å². The molecule has 6 aromatic rings. The Bertz CT molecular complexity index is 5600. The summed E-state index contributed by atoms with van der Waals surface area (Å²) in [5.41, 5.74) is 3.20. The average Bonchev–Trinajstić information content (AvgIpc) is 0.791. The molecule has 0 saturated carbocycles. The summed E-state index contributed by atoms with van der Waals surface area (Å²) in [6.45, 7) is 10.8. The molecule has 0 aliphatic carbocycles. The van der Waals surface area contributed by atoms with Gasteiger partial charge in [-0.25, -0.2) is 50.5 Å². The number of alkyl halides is 18. The van der Waals surface area contributed by atoms with Crippen molar-refractivity contribution in [2.45, 2.75) is 203 Å². The zero-order valence-corrected chi connectivity index (χ0v) is 79.9. The van der Waals surface area contributed by atoms with Gasteiger partial charge in [-0.2, -0.15) is 79.0 Å². The number of hydrogen-bond donors (Lipinski definition) is 1. The van der Waals surface area contributed by atoms with E-state index in [4.69, 9.17) is 127 Å². The van der Waals surface area contributed by atoms with Gasteiger partial charge in [0, 0.05) is 0 Å². The second-order valence-corrected chi connectivity index (χ2v) is 38.8. The van der Waals surface area contributed by atoms with Crippen molar-refractivity contribution in [2.24, 2.45) is 0 Å². The lowest BCUT2D eigenvalue weighted by atomic mass is 9.89. The van der Waals surface area contributed by atoms with Gasteiger partial charge >= 0.3 is 37.1 Å². The molecule has 0 spiro atoms. The molecule has 1 N–H and O–H groups in total. The lowest BCUT2D eigenvalue weighted by molar-refractivity contribution is -0.188. The van der Waals surface area contributed by atoms with Crippen LogP contribution in [0.4, 0.5) is 79.0 Å². The van der Waals surface area contributed by atoms with Gasteiger partial charge in [0.25, 0.3) is 0 Å². The number of phenolic OH excluding ortho intramolecular Hbond substituents is 1. The highest BCUT2D eigenvalue weighted by Crippen LogP contribution is 2.41. The lowest BCUT2D eigenvalue weighted by Crippen LogP contribution is -2.40. The highest BCUT2D eigenvalue weighted by Gasteiger charge is 2.49. The predicted octanol–water partition coefficient (Wildman–Crippen LogP) is 7.35. The average molecular weight is 2120 g/mol. The Labute approximate surface area is 819 Å². The van der Waals surface area contributed by atoms with Crippen LogP contribution in [0.3, 0.4) is 0 Å². The maximum atomic E-state index is 13.0. The largest absolute Gasteiger partial charge is 0.748 e. The molecule has 0 aliphatic heterocycles. The molecule has 6 atom stereocenters. The lowest BCUT2D eigenvalue weighted by Gasteiger charge is -2.27. The zero-order chi connectivity index (χ0) is 110. The number of ether oxygens (including phenoxy) is 10. The molecule has 0 aromatic heterocycles. The van der Waals surface area contributed by atoms with Crippen LogP contribution in [0, 0.1) is 0 Å². The number of hydrogen-bond acceptors (Lipinski definition) is 29. The van der Waals surface area contributed by atoms with Crippen molar-refractivity contribution in [1.82, 2.24) is 0 Å². The van der Waals surface area contributed by atoms with E-state index in [1.165, 1.54) is 67.8 Å². The van der Waals surface area contributed by atoms with Crippen LogP contribution in [0.15, 0.2) is 78.9 Å². The number of methoxy groups -OCH3 is 1. The minimum Gasteiger partial charge on any atom is -0.748 e. The molecule has 0 bridgehead atoms. The van der Waals surface area contributed by atoms with Crippen molar-refractivity contribution in [3.63, 3.8) is 0 Å². The first-order valence-electron chi connectivity index (χ1n) is 39.6. The Morgan fingerprint density at radius 3 is 0.631 bits per heavy atom. The molecule has 762 valence electrons. The zero-order valence-electron chi connectivity index (χ0n) is 75.0. The first-order chi connectivity index (χ1) is 64.1. The maximum Gasteiger partial charge on any atom is 0.426 e. The Morgan fingerprint density at radius 1 is 0.284 bits per heavy atom.